The third-order valence-corrected chi connectivity index (χ3v) is 5.70. The normalized spacial score (nSPS) is 24.0. The van der Waals surface area contributed by atoms with Crippen molar-refractivity contribution in [2.24, 2.45) is 5.92 Å². The van der Waals surface area contributed by atoms with Crippen LogP contribution in [0.3, 0.4) is 0 Å². The first kappa shape index (κ1) is 15.0. The first-order valence-electron chi connectivity index (χ1n) is 8.01. The van der Waals surface area contributed by atoms with Crippen LogP contribution in [-0.4, -0.2) is 41.6 Å². The number of nitrogens with zero attached hydrogens (tertiary/aromatic N) is 2. The van der Waals surface area contributed by atoms with E-state index in [2.05, 4.69) is 18.8 Å². The van der Waals surface area contributed by atoms with Crippen molar-refractivity contribution in [1.29, 1.82) is 0 Å². The zero-order valence-electron chi connectivity index (χ0n) is 12.9. The molecule has 1 atom stereocenters. The molecule has 2 aliphatic rings. The molecule has 3 rings (SSSR count). The number of carbonyl (C=O) groups excluding carboxylic acids is 1. The number of piperidine rings is 1. The molecule has 0 radical (unpaired) electrons. The monoisotopic (exact) mass is 308 g/mol. The summed E-state index contributed by atoms with van der Waals surface area (Å²) < 4.78 is 5.79. The lowest BCUT2D eigenvalue weighted by Crippen LogP contribution is -2.41. The van der Waals surface area contributed by atoms with Crippen LogP contribution in [0, 0.1) is 5.92 Å². The minimum atomic E-state index is 0.101. The Morgan fingerprint density at radius 1 is 1.38 bits per heavy atom. The predicted octanol–water partition coefficient (Wildman–Crippen LogP) is 3.30. The molecule has 2 fully saturated rings. The van der Waals surface area contributed by atoms with Crippen molar-refractivity contribution in [2.45, 2.75) is 51.6 Å². The number of carbonyl (C=O) groups is 1. The molecule has 2 saturated heterocycles. The highest BCUT2D eigenvalue weighted by Gasteiger charge is 2.31. The maximum absolute atomic E-state index is 12.5. The van der Waals surface area contributed by atoms with Gasteiger partial charge in [0.1, 0.15) is 5.69 Å². The van der Waals surface area contributed by atoms with Gasteiger partial charge in [0.25, 0.3) is 5.91 Å². The highest BCUT2D eigenvalue weighted by molar-refractivity contribution is 7.09. The van der Waals surface area contributed by atoms with Gasteiger partial charge in [-0.15, -0.1) is 11.3 Å². The van der Waals surface area contributed by atoms with Crippen molar-refractivity contribution in [1.82, 2.24) is 9.88 Å². The smallest absolute Gasteiger partial charge is 0.273 e. The van der Waals surface area contributed by atoms with Crippen LogP contribution in [0.15, 0.2) is 5.38 Å². The number of amides is 1. The van der Waals surface area contributed by atoms with Gasteiger partial charge in [0, 0.05) is 31.0 Å². The summed E-state index contributed by atoms with van der Waals surface area (Å²) in [6.45, 7) is 6.83. The Kier molecular flexibility index (Phi) is 4.60. The molecule has 0 bridgehead atoms. The Morgan fingerprint density at radius 2 is 2.14 bits per heavy atom. The average Bonchev–Trinajstić information content (AvgIpc) is 3.18. The number of ether oxygens (including phenoxy) is 1. The lowest BCUT2D eigenvalue weighted by molar-refractivity contribution is 0.0289. The van der Waals surface area contributed by atoms with Crippen LogP contribution in [-0.2, 0) is 4.74 Å². The summed E-state index contributed by atoms with van der Waals surface area (Å²) in [6.07, 6.45) is 4.96. The van der Waals surface area contributed by atoms with Crippen LogP contribution in [0.25, 0.3) is 0 Å². The number of rotatable bonds is 3. The fraction of sp³-hybridized carbons (Fsp3) is 0.750. The molecule has 21 heavy (non-hydrogen) atoms. The Balaban J connectivity index is 1.56. The number of aromatic nitrogens is 1. The molecule has 1 amide bonds. The SMILES string of the molecule is CC(C)c1nc(C(=O)N2CCC(C3CCCO3)CC2)cs1. The first-order valence-corrected chi connectivity index (χ1v) is 8.89. The first-order chi connectivity index (χ1) is 10.1. The van der Waals surface area contributed by atoms with Gasteiger partial charge in [-0.2, -0.15) is 0 Å². The molecule has 0 N–H and O–H groups in total. The maximum atomic E-state index is 12.5. The largest absolute Gasteiger partial charge is 0.378 e. The summed E-state index contributed by atoms with van der Waals surface area (Å²) in [5, 5.41) is 2.96. The Bertz CT molecular complexity index is 486. The molecule has 2 aliphatic heterocycles. The molecule has 0 saturated carbocycles. The lowest BCUT2D eigenvalue weighted by Gasteiger charge is -2.34. The van der Waals surface area contributed by atoms with Crippen LogP contribution in [0.1, 0.15) is 60.9 Å². The summed E-state index contributed by atoms with van der Waals surface area (Å²) in [5.74, 6) is 1.13. The number of hydrogen-bond acceptors (Lipinski definition) is 4. The maximum Gasteiger partial charge on any atom is 0.273 e. The predicted molar refractivity (Wildman–Crippen MR) is 83.8 cm³/mol. The van der Waals surface area contributed by atoms with Crippen LogP contribution in [0.4, 0.5) is 0 Å². The molecule has 0 aromatic carbocycles. The van der Waals surface area contributed by atoms with Crippen molar-refractivity contribution in [2.75, 3.05) is 19.7 Å². The zero-order chi connectivity index (χ0) is 14.8. The number of thiazole rings is 1. The molecule has 116 valence electrons. The van der Waals surface area contributed by atoms with E-state index in [0.29, 0.717) is 23.6 Å². The van der Waals surface area contributed by atoms with Crippen molar-refractivity contribution < 1.29 is 9.53 Å². The fourth-order valence-corrected chi connectivity index (χ4v) is 4.07. The molecular formula is C16H24N2O2S. The average molecular weight is 308 g/mol. The molecule has 1 aromatic rings. The number of hydrogen-bond donors (Lipinski definition) is 0. The quantitative estimate of drug-likeness (QED) is 0.860. The van der Waals surface area contributed by atoms with E-state index < -0.39 is 0 Å². The standard InChI is InChI=1S/C16H24N2O2S/c1-11(2)15-17-13(10-21-15)16(19)18-7-5-12(6-8-18)14-4-3-9-20-14/h10-12,14H,3-9H2,1-2H3. The van der Waals surface area contributed by atoms with Gasteiger partial charge in [0.2, 0.25) is 0 Å². The van der Waals surface area contributed by atoms with Gasteiger partial charge in [-0.05, 0) is 31.6 Å². The third-order valence-electron chi connectivity index (χ3n) is 4.55. The second-order valence-corrected chi connectivity index (χ2v) is 7.30. The van der Waals surface area contributed by atoms with Crippen molar-refractivity contribution in [3.63, 3.8) is 0 Å². The highest BCUT2D eigenvalue weighted by atomic mass is 32.1. The lowest BCUT2D eigenvalue weighted by atomic mass is 9.90. The van der Waals surface area contributed by atoms with E-state index in [1.54, 1.807) is 11.3 Å². The fourth-order valence-electron chi connectivity index (χ4n) is 3.26. The van der Waals surface area contributed by atoms with E-state index in [1.165, 1.54) is 12.8 Å². The molecule has 1 aromatic heterocycles. The van der Waals surface area contributed by atoms with E-state index >= 15 is 0 Å². The van der Waals surface area contributed by atoms with Crippen molar-refractivity contribution >= 4 is 17.2 Å². The second kappa shape index (κ2) is 6.44. The van der Waals surface area contributed by atoms with E-state index in [0.717, 1.165) is 37.5 Å². The van der Waals surface area contributed by atoms with Gasteiger partial charge in [-0.3, -0.25) is 4.79 Å². The van der Waals surface area contributed by atoms with Crippen molar-refractivity contribution in [3.8, 4) is 0 Å². The molecule has 5 heteroatoms. The molecule has 4 nitrogen and oxygen atoms in total. The summed E-state index contributed by atoms with van der Waals surface area (Å²) in [7, 11) is 0. The Hall–Kier alpha value is -0.940. The van der Waals surface area contributed by atoms with Gasteiger partial charge in [-0.1, -0.05) is 13.8 Å². The summed E-state index contributed by atoms with van der Waals surface area (Å²) in [5.41, 5.74) is 0.624. The molecule has 3 heterocycles. The van der Waals surface area contributed by atoms with E-state index in [9.17, 15) is 4.79 Å². The van der Waals surface area contributed by atoms with E-state index in [-0.39, 0.29) is 5.91 Å². The van der Waals surface area contributed by atoms with Gasteiger partial charge in [-0.25, -0.2) is 4.98 Å². The summed E-state index contributed by atoms with van der Waals surface area (Å²) >= 11 is 1.59. The minimum absolute atomic E-state index is 0.101. The van der Waals surface area contributed by atoms with E-state index in [1.807, 2.05) is 10.3 Å². The van der Waals surface area contributed by atoms with Crippen LogP contribution >= 0.6 is 11.3 Å². The van der Waals surface area contributed by atoms with Crippen LogP contribution in [0.2, 0.25) is 0 Å². The molecule has 0 spiro atoms. The Labute approximate surface area is 130 Å². The minimum Gasteiger partial charge on any atom is -0.378 e. The van der Waals surface area contributed by atoms with Gasteiger partial charge < -0.3 is 9.64 Å². The number of likely N-dealkylation sites (tertiary alicyclic amines) is 1. The molecule has 0 aliphatic carbocycles. The molecular weight excluding hydrogens is 284 g/mol. The van der Waals surface area contributed by atoms with Gasteiger partial charge in [0.05, 0.1) is 11.1 Å². The summed E-state index contributed by atoms with van der Waals surface area (Å²) in [4.78, 5) is 18.9. The summed E-state index contributed by atoms with van der Waals surface area (Å²) in [6, 6.07) is 0. The van der Waals surface area contributed by atoms with Gasteiger partial charge >= 0.3 is 0 Å². The molecule has 1 unspecified atom stereocenters. The van der Waals surface area contributed by atoms with Gasteiger partial charge in [0.15, 0.2) is 0 Å². The third kappa shape index (κ3) is 3.29. The van der Waals surface area contributed by atoms with Crippen LogP contribution < -0.4 is 0 Å². The van der Waals surface area contributed by atoms with Crippen molar-refractivity contribution in [3.05, 3.63) is 16.1 Å². The van der Waals surface area contributed by atoms with Crippen LogP contribution in [0.5, 0.6) is 0 Å². The highest BCUT2D eigenvalue weighted by Crippen LogP contribution is 2.29. The zero-order valence-corrected chi connectivity index (χ0v) is 13.7. The topological polar surface area (TPSA) is 42.4 Å². The Morgan fingerprint density at radius 3 is 2.71 bits per heavy atom. The van der Waals surface area contributed by atoms with E-state index in [4.69, 9.17) is 4.74 Å². The second-order valence-electron chi connectivity index (χ2n) is 6.41.